The number of hydrogen-bond donors (Lipinski definition) is 0. The summed E-state index contributed by atoms with van der Waals surface area (Å²) in [5.74, 6) is 0.395. The third-order valence-corrected chi connectivity index (χ3v) is 6.25. The Kier molecular flexibility index (Phi) is 6.41. The van der Waals surface area contributed by atoms with E-state index in [9.17, 15) is 9.59 Å². The van der Waals surface area contributed by atoms with Crippen molar-refractivity contribution in [3.8, 4) is 0 Å². The van der Waals surface area contributed by atoms with Crippen molar-refractivity contribution in [3.63, 3.8) is 0 Å². The number of methoxy groups -OCH3 is 1. The van der Waals surface area contributed by atoms with Crippen LogP contribution in [0.25, 0.3) is 16.7 Å². The van der Waals surface area contributed by atoms with Gasteiger partial charge in [0.2, 0.25) is 5.78 Å². The first-order chi connectivity index (χ1) is 15.0. The molecular weight excluding hydrogens is 436 g/mol. The Bertz CT molecular complexity index is 1320. The zero-order valence-electron chi connectivity index (χ0n) is 17.1. The number of ketones is 1. The van der Waals surface area contributed by atoms with Crippen LogP contribution in [-0.4, -0.2) is 43.9 Å². The van der Waals surface area contributed by atoms with E-state index in [0.29, 0.717) is 52.0 Å². The number of Topliss-reactive ketones (excluding diaryl/α,β-unsaturated/α-hetero) is 1. The zero-order valence-corrected chi connectivity index (χ0v) is 18.7. The first-order valence-electron chi connectivity index (χ1n) is 9.83. The SMILES string of the molecule is COCCCn1c(=O)c2ccccc2n2c(SC(C)C(=O)c3cccc(Cl)c3)nnc12. The quantitative estimate of drug-likeness (QED) is 0.226. The highest BCUT2D eigenvalue weighted by atomic mass is 35.5. The molecule has 0 aliphatic carbocycles. The average molecular weight is 457 g/mol. The Morgan fingerprint density at radius 2 is 2.00 bits per heavy atom. The monoisotopic (exact) mass is 456 g/mol. The summed E-state index contributed by atoms with van der Waals surface area (Å²) in [6.07, 6.45) is 0.670. The predicted molar refractivity (Wildman–Crippen MR) is 122 cm³/mol. The van der Waals surface area contributed by atoms with Crippen molar-refractivity contribution in [1.29, 1.82) is 0 Å². The number of para-hydroxylation sites is 1. The molecule has 7 nitrogen and oxygen atoms in total. The minimum absolute atomic E-state index is 0.0537. The van der Waals surface area contributed by atoms with Crippen molar-refractivity contribution in [1.82, 2.24) is 19.2 Å². The molecule has 160 valence electrons. The Balaban J connectivity index is 1.77. The van der Waals surface area contributed by atoms with E-state index >= 15 is 0 Å². The van der Waals surface area contributed by atoms with E-state index in [1.54, 1.807) is 42.0 Å². The molecule has 0 saturated heterocycles. The van der Waals surface area contributed by atoms with Crippen LogP contribution in [0.3, 0.4) is 0 Å². The molecule has 0 N–H and O–H groups in total. The number of carbonyl (C=O) groups is 1. The molecule has 31 heavy (non-hydrogen) atoms. The standard InChI is InChI=1S/C22H21ClN4O3S/c1-14(19(28)15-7-5-8-16(23)13-15)31-22-25-24-21-26(11-6-12-30-2)20(29)17-9-3-4-10-18(17)27(21)22/h3-5,7-10,13-14H,6,11-12H2,1-2H3. The highest BCUT2D eigenvalue weighted by molar-refractivity contribution is 8.00. The number of nitrogens with zero attached hydrogens (tertiary/aromatic N) is 4. The third kappa shape index (κ3) is 4.23. The van der Waals surface area contributed by atoms with Crippen molar-refractivity contribution in [2.24, 2.45) is 0 Å². The van der Waals surface area contributed by atoms with Gasteiger partial charge < -0.3 is 4.74 Å². The van der Waals surface area contributed by atoms with Gasteiger partial charge in [0.25, 0.3) is 5.56 Å². The second kappa shape index (κ2) is 9.21. The third-order valence-electron chi connectivity index (χ3n) is 4.97. The second-order valence-electron chi connectivity index (χ2n) is 7.07. The molecule has 0 fully saturated rings. The van der Waals surface area contributed by atoms with Crippen molar-refractivity contribution >= 4 is 45.8 Å². The van der Waals surface area contributed by atoms with E-state index in [-0.39, 0.29) is 11.3 Å². The molecule has 4 rings (SSSR count). The predicted octanol–water partition coefficient (Wildman–Crippen LogP) is 4.10. The lowest BCUT2D eigenvalue weighted by atomic mass is 10.1. The van der Waals surface area contributed by atoms with Gasteiger partial charge in [-0.3, -0.25) is 18.6 Å². The van der Waals surface area contributed by atoms with Crippen LogP contribution < -0.4 is 5.56 Å². The number of fused-ring (bicyclic) bond motifs is 3. The molecule has 1 atom stereocenters. The number of benzene rings is 2. The van der Waals surface area contributed by atoms with Gasteiger partial charge in [0.1, 0.15) is 0 Å². The molecule has 0 aliphatic rings. The van der Waals surface area contributed by atoms with Crippen LogP contribution in [-0.2, 0) is 11.3 Å². The number of ether oxygens (including phenoxy) is 1. The van der Waals surface area contributed by atoms with Crippen molar-refractivity contribution in [3.05, 3.63) is 69.5 Å². The fraction of sp³-hybridized carbons (Fsp3) is 0.273. The summed E-state index contributed by atoms with van der Waals surface area (Å²) in [5, 5.41) is 9.83. The van der Waals surface area contributed by atoms with Crippen LogP contribution in [0.5, 0.6) is 0 Å². The maximum Gasteiger partial charge on any atom is 0.262 e. The van der Waals surface area contributed by atoms with Crippen molar-refractivity contribution in [2.75, 3.05) is 13.7 Å². The molecule has 2 aromatic carbocycles. The molecule has 2 heterocycles. The molecule has 0 aliphatic heterocycles. The number of aryl methyl sites for hydroxylation is 1. The van der Waals surface area contributed by atoms with Crippen LogP contribution in [0, 0.1) is 0 Å². The van der Waals surface area contributed by atoms with Crippen molar-refractivity contribution < 1.29 is 9.53 Å². The first kappa shape index (κ1) is 21.5. The Morgan fingerprint density at radius 1 is 1.19 bits per heavy atom. The van der Waals surface area contributed by atoms with Crippen LogP contribution >= 0.6 is 23.4 Å². The van der Waals surface area contributed by atoms with E-state index in [1.165, 1.54) is 11.8 Å². The number of hydrogen-bond acceptors (Lipinski definition) is 6. The van der Waals surface area contributed by atoms with Gasteiger partial charge in [0, 0.05) is 30.8 Å². The summed E-state index contributed by atoms with van der Waals surface area (Å²) >= 11 is 7.34. The number of aromatic nitrogens is 4. The highest BCUT2D eigenvalue weighted by Gasteiger charge is 2.22. The van der Waals surface area contributed by atoms with Gasteiger partial charge in [-0.05, 0) is 37.6 Å². The largest absolute Gasteiger partial charge is 0.385 e. The zero-order chi connectivity index (χ0) is 22.0. The van der Waals surface area contributed by atoms with Crippen LogP contribution in [0.15, 0.2) is 58.5 Å². The fourth-order valence-electron chi connectivity index (χ4n) is 3.47. The van der Waals surface area contributed by atoms with Gasteiger partial charge in [-0.2, -0.15) is 0 Å². The molecule has 0 radical (unpaired) electrons. The van der Waals surface area contributed by atoms with Crippen LogP contribution in [0.4, 0.5) is 0 Å². The molecule has 1 unspecified atom stereocenters. The topological polar surface area (TPSA) is 78.5 Å². The van der Waals surface area contributed by atoms with E-state index in [1.807, 2.05) is 29.5 Å². The lowest BCUT2D eigenvalue weighted by molar-refractivity contribution is 0.0994. The first-order valence-corrected chi connectivity index (χ1v) is 11.1. The molecule has 4 aromatic rings. The summed E-state index contributed by atoms with van der Waals surface area (Å²) in [7, 11) is 1.63. The van der Waals surface area contributed by atoms with Gasteiger partial charge >= 0.3 is 0 Å². The molecule has 0 spiro atoms. The van der Waals surface area contributed by atoms with Crippen LogP contribution in [0.2, 0.25) is 5.02 Å². The van der Waals surface area contributed by atoms with E-state index in [0.717, 1.165) is 0 Å². The van der Waals surface area contributed by atoms with Gasteiger partial charge in [-0.15, -0.1) is 10.2 Å². The minimum Gasteiger partial charge on any atom is -0.385 e. The summed E-state index contributed by atoms with van der Waals surface area (Å²) in [6.45, 7) is 2.82. The smallest absolute Gasteiger partial charge is 0.262 e. The van der Waals surface area contributed by atoms with E-state index in [4.69, 9.17) is 16.3 Å². The second-order valence-corrected chi connectivity index (χ2v) is 8.82. The number of rotatable bonds is 8. The fourth-order valence-corrected chi connectivity index (χ4v) is 4.59. The lowest BCUT2D eigenvalue weighted by Gasteiger charge is -2.13. The van der Waals surface area contributed by atoms with Gasteiger partial charge in [-0.1, -0.05) is 47.6 Å². The molecule has 2 aromatic heterocycles. The summed E-state index contributed by atoms with van der Waals surface area (Å²) in [5.41, 5.74) is 1.13. The summed E-state index contributed by atoms with van der Waals surface area (Å²) in [6, 6.07) is 14.2. The van der Waals surface area contributed by atoms with Gasteiger partial charge in [-0.25, -0.2) is 0 Å². The maximum absolute atomic E-state index is 13.1. The molecule has 0 amide bonds. The van der Waals surface area contributed by atoms with Crippen LogP contribution in [0.1, 0.15) is 23.7 Å². The number of thioether (sulfide) groups is 1. The minimum atomic E-state index is -0.418. The highest BCUT2D eigenvalue weighted by Crippen LogP contribution is 2.27. The number of halogens is 1. The summed E-state index contributed by atoms with van der Waals surface area (Å²) < 4.78 is 8.58. The molecule has 9 heteroatoms. The normalized spacial score (nSPS) is 12.5. The number of carbonyl (C=O) groups excluding carboxylic acids is 1. The van der Waals surface area contributed by atoms with E-state index in [2.05, 4.69) is 10.2 Å². The molecular formula is C22H21ClN4O3S. The maximum atomic E-state index is 13.1. The molecule has 0 saturated carbocycles. The van der Waals surface area contributed by atoms with Crippen molar-refractivity contribution in [2.45, 2.75) is 30.3 Å². The average Bonchev–Trinajstić information content (AvgIpc) is 3.19. The Morgan fingerprint density at radius 3 is 2.77 bits per heavy atom. The van der Waals surface area contributed by atoms with Gasteiger partial charge in [0.05, 0.1) is 16.2 Å². The Labute approximate surface area is 188 Å². The lowest BCUT2D eigenvalue weighted by Crippen LogP contribution is -2.24. The Hall–Kier alpha value is -2.68. The summed E-state index contributed by atoms with van der Waals surface area (Å²) in [4.78, 5) is 26.0. The van der Waals surface area contributed by atoms with Gasteiger partial charge in [0.15, 0.2) is 10.9 Å². The van der Waals surface area contributed by atoms with E-state index < -0.39 is 5.25 Å². The molecule has 0 bridgehead atoms.